The molecule has 0 aromatic carbocycles. The van der Waals surface area contributed by atoms with Crippen molar-refractivity contribution in [2.45, 2.75) is 20.0 Å². The van der Waals surface area contributed by atoms with Crippen LogP contribution in [0.2, 0.25) is 5.02 Å². The summed E-state index contributed by atoms with van der Waals surface area (Å²) in [7, 11) is 0. The minimum Gasteiger partial charge on any atom is -0.375 e. The van der Waals surface area contributed by atoms with E-state index in [0.717, 1.165) is 0 Å². The molecule has 0 fully saturated rings. The van der Waals surface area contributed by atoms with Crippen LogP contribution in [0.3, 0.4) is 0 Å². The molecule has 0 saturated carbocycles. The van der Waals surface area contributed by atoms with Gasteiger partial charge in [-0.15, -0.1) is 0 Å². The molecule has 2 aromatic heterocycles. The van der Waals surface area contributed by atoms with Gasteiger partial charge in [-0.1, -0.05) is 11.6 Å². The highest BCUT2D eigenvalue weighted by Crippen LogP contribution is 2.15. The quantitative estimate of drug-likeness (QED) is 0.836. The lowest BCUT2D eigenvalue weighted by atomic mass is 10.4. The normalized spacial score (nSPS) is 10.5. The maximum Gasteiger partial charge on any atom is 0.287 e. The number of rotatable bonds is 4. The molecule has 0 aliphatic rings. The molecule has 17 heavy (non-hydrogen) atoms. The maximum absolute atomic E-state index is 11.7. The van der Waals surface area contributed by atoms with E-state index in [4.69, 9.17) is 11.6 Å². The first kappa shape index (κ1) is 11.6. The summed E-state index contributed by atoms with van der Waals surface area (Å²) in [4.78, 5) is 15.6. The molecule has 2 rings (SSSR count). The van der Waals surface area contributed by atoms with Gasteiger partial charge in [0.15, 0.2) is 0 Å². The summed E-state index contributed by atoms with van der Waals surface area (Å²) in [6, 6.07) is 0. The topological polar surface area (TPSA) is 88.5 Å². The van der Waals surface area contributed by atoms with Crippen molar-refractivity contribution in [3.63, 3.8) is 0 Å². The lowest BCUT2D eigenvalue weighted by Gasteiger charge is -2.07. The molecule has 0 radical (unpaired) electrons. The zero-order valence-corrected chi connectivity index (χ0v) is 9.90. The van der Waals surface area contributed by atoms with Gasteiger partial charge in [-0.2, -0.15) is 10.2 Å². The Balaban J connectivity index is 2.17. The first-order chi connectivity index (χ1) is 8.22. The monoisotopic (exact) mass is 254 g/mol. The third kappa shape index (κ3) is 2.44. The van der Waals surface area contributed by atoms with Crippen molar-refractivity contribution < 1.29 is 0 Å². The van der Waals surface area contributed by atoms with Crippen LogP contribution in [-0.2, 0) is 13.1 Å². The Kier molecular flexibility index (Phi) is 3.38. The smallest absolute Gasteiger partial charge is 0.287 e. The number of hydrogen-bond acceptors (Lipinski definition) is 5. The predicted octanol–water partition coefficient (Wildman–Crippen LogP) is 0.647. The molecule has 0 unspecified atom stereocenters. The molecule has 0 spiro atoms. The second-order valence-corrected chi connectivity index (χ2v) is 3.66. The zero-order valence-electron chi connectivity index (χ0n) is 9.14. The Morgan fingerprint density at radius 3 is 3.06 bits per heavy atom. The Bertz CT molecular complexity index is 549. The number of nitrogens with zero attached hydrogens (tertiary/aromatic N) is 4. The van der Waals surface area contributed by atoms with Gasteiger partial charge in [-0.05, 0) is 6.92 Å². The number of anilines is 1. The second-order valence-electron chi connectivity index (χ2n) is 3.28. The van der Waals surface area contributed by atoms with Crippen molar-refractivity contribution in [2.24, 2.45) is 0 Å². The summed E-state index contributed by atoms with van der Waals surface area (Å²) in [6.07, 6.45) is 2.93. The summed E-state index contributed by atoms with van der Waals surface area (Å²) in [5, 5.41) is 13.5. The highest BCUT2D eigenvalue weighted by molar-refractivity contribution is 6.32. The number of aromatic amines is 1. The zero-order chi connectivity index (χ0) is 12.3. The van der Waals surface area contributed by atoms with E-state index >= 15 is 0 Å². The molecule has 7 nitrogen and oxygen atoms in total. The molecule has 0 saturated heterocycles. The van der Waals surface area contributed by atoms with E-state index in [0.29, 0.717) is 24.6 Å². The van der Waals surface area contributed by atoms with Gasteiger partial charge in [-0.3, -0.25) is 9.89 Å². The molecule has 8 heteroatoms. The standard InChI is InChI=1S/C9H11ClN6O/c1-2-16-9(17)8(10)6(3-14-16)11-4-7-12-5-13-15-7/h3,5,11H,2,4H2,1H3,(H,12,13,15). The number of aromatic nitrogens is 5. The van der Waals surface area contributed by atoms with E-state index in [-0.39, 0.29) is 10.6 Å². The van der Waals surface area contributed by atoms with E-state index in [1.54, 1.807) is 0 Å². The number of H-pyrrole nitrogens is 1. The van der Waals surface area contributed by atoms with Crippen molar-refractivity contribution >= 4 is 17.3 Å². The first-order valence-corrected chi connectivity index (χ1v) is 5.44. The average molecular weight is 255 g/mol. The molecule has 0 aliphatic heterocycles. The minimum absolute atomic E-state index is 0.126. The number of aryl methyl sites for hydroxylation is 1. The van der Waals surface area contributed by atoms with Crippen molar-refractivity contribution in [3.8, 4) is 0 Å². The van der Waals surface area contributed by atoms with Crippen LogP contribution in [0.5, 0.6) is 0 Å². The highest BCUT2D eigenvalue weighted by atomic mass is 35.5. The Hall–Kier alpha value is -1.89. The maximum atomic E-state index is 11.7. The molecule has 0 amide bonds. The van der Waals surface area contributed by atoms with Gasteiger partial charge in [0.25, 0.3) is 5.56 Å². The molecule has 0 bridgehead atoms. The van der Waals surface area contributed by atoms with E-state index in [9.17, 15) is 4.79 Å². The first-order valence-electron chi connectivity index (χ1n) is 5.06. The lowest BCUT2D eigenvalue weighted by molar-refractivity contribution is 0.616. The number of nitrogens with one attached hydrogen (secondary N) is 2. The summed E-state index contributed by atoms with van der Waals surface area (Å²) in [5.74, 6) is 0.653. The third-order valence-electron chi connectivity index (χ3n) is 2.20. The SMILES string of the molecule is CCn1ncc(NCc2ncn[nH]2)c(Cl)c1=O. The Labute approximate surface area is 102 Å². The lowest BCUT2D eigenvalue weighted by Crippen LogP contribution is -2.23. The van der Waals surface area contributed by atoms with Crippen LogP contribution >= 0.6 is 11.6 Å². The molecule has 0 aliphatic carbocycles. The molecule has 0 atom stereocenters. The fraction of sp³-hybridized carbons (Fsp3) is 0.333. The van der Waals surface area contributed by atoms with Crippen molar-refractivity contribution in [3.05, 3.63) is 33.7 Å². The summed E-state index contributed by atoms with van der Waals surface area (Å²) in [5.41, 5.74) is 0.175. The summed E-state index contributed by atoms with van der Waals surface area (Å²) >= 11 is 5.94. The summed E-state index contributed by atoms with van der Waals surface area (Å²) < 4.78 is 1.29. The van der Waals surface area contributed by atoms with Gasteiger partial charge in [-0.25, -0.2) is 9.67 Å². The third-order valence-corrected chi connectivity index (χ3v) is 2.56. The van der Waals surface area contributed by atoms with Crippen LogP contribution in [0.15, 0.2) is 17.3 Å². The molecule has 90 valence electrons. The Morgan fingerprint density at radius 1 is 1.59 bits per heavy atom. The molecule has 2 aromatic rings. The second kappa shape index (κ2) is 4.96. The van der Waals surface area contributed by atoms with E-state index in [1.165, 1.54) is 17.2 Å². The van der Waals surface area contributed by atoms with Crippen molar-refractivity contribution in [1.82, 2.24) is 25.0 Å². The van der Waals surface area contributed by atoms with Crippen LogP contribution < -0.4 is 10.9 Å². The molecule has 2 N–H and O–H groups in total. The summed E-state index contributed by atoms with van der Waals surface area (Å²) in [6.45, 7) is 2.71. The van der Waals surface area contributed by atoms with Gasteiger partial charge in [0, 0.05) is 6.54 Å². The largest absolute Gasteiger partial charge is 0.375 e. The van der Waals surface area contributed by atoms with Crippen molar-refractivity contribution in [1.29, 1.82) is 0 Å². The van der Waals surface area contributed by atoms with Crippen molar-refractivity contribution in [2.75, 3.05) is 5.32 Å². The van der Waals surface area contributed by atoms with E-state index in [1.807, 2.05) is 6.92 Å². The molecular weight excluding hydrogens is 244 g/mol. The van der Waals surface area contributed by atoms with Crippen LogP contribution in [-0.4, -0.2) is 25.0 Å². The number of halogens is 1. The Morgan fingerprint density at radius 2 is 2.41 bits per heavy atom. The average Bonchev–Trinajstić information content (AvgIpc) is 2.84. The van der Waals surface area contributed by atoms with Gasteiger partial charge >= 0.3 is 0 Å². The predicted molar refractivity (Wildman–Crippen MR) is 62.9 cm³/mol. The van der Waals surface area contributed by atoms with Crippen LogP contribution in [0, 0.1) is 0 Å². The van der Waals surface area contributed by atoms with Gasteiger partial charge in [0.05, 0.1) is 18.4 Å². The molecular formula is C9H11ClN6O. The van der Waals surface area contributed by atoms with E-state index in [2.05, 4.69) is 25.6 Å². The van der Waals surface area contributed by atoms with Crippen LogP contribution in [0.4, 0.5) is 5.69 Å². The van der Waals surface area contributed by atoms with Crippen LogP contribution in [0.25, 0.3) is 0 Å². The van der Waals surface area contributed by atoms with Crippen LogP contribution in [0.1, 0.15) is 12.7 Å². The minimum atomic E-state index is -0.309. The van der Waals surface area contributed by atoms with Gasteiger partial charge < -0.3 is 5.32 Å². The van der Waals surface area contributed by atoms with E-state index < -0.39 is 0 Å². The highest BCUT2D eigenvalue weighted by Gasteiger charge is 2.08. The number of hydrogen-bond donors (Lipinski definition) is 2. The fourth-order valence-electron chi connectivity index (χ4n) is 1.31. The van der Waals surface area contributed by atoms with Gasteiger partial charge in [0.1, 0.15) is 17.2 Å². The fourth-order valence-corrected chi connectivity index (χ4v) is 1.52. The molecule has 2 heterocycles. The van der Waals surface area contributed by atoms with Gasteiger partial charge in [0.2, 0.25) is 0 Å².